The summed E-state index contributed by atoms with van der Waals surface area (Å²) in [5, 5.41) is 1.25. The van der Waals surface area contributed by atoms with E-state index in [1.54, 1.807) is 0 Å². The molecule has 1 aromatic heterocycles. The maximum Gasteiger partial charge on any atom is 0.0708 e. The minimum Gasteiger partial charge on any atom is -0.253 e. The van der Waals surface area contributed by atoms with Crippen molar-refractivity contribution in [2.24, 2.45) is 0 Å². The third-order valence-corrected chi connectivity index (χ3v) is 3.01. The van der Waals surface area contributed by atoms with Gasteiger partial charge in [-0.1, -0.05) is 13.0 Å². The number of pyridine rings is 1. The number of thiol groups is 1. The molecule has 0 N–H and O–H groups in total. The maximum atomic E-state index is 4.53. The molecule has 0 saturated heterocycles. The normalized spacial score (nSPS) is 10.9. The van der Waals surface area contributed by atoms with E-state index in [-0.39, 0.29) is 0 Å². The van der Waals surface area contributed by atoms with Crippen LogP contribution in [-0.4, -0.2) is 4.98 Å². The van der Waals surface area contributed by atoms with Crippen LogP contribution < -0.4 is 0 Å². The fourth-order valence-corrected chi connectivity index (χ4v) is 2.10. The van der Waals surface area contributed by atoms with Crippen LogP contribution in [-0.2, 0) is 12.2 Å². The van der Waals surface area contributed by atoms with Crippen molar-refractivity contribution in [3.05, 3.63) is 41.1 Å². The molecule has 0 radical (unpaired) electrons. The van der Waals surface area contributed by atoms with Crippen molar-refractivity contribution in [3.8, 4) is 0 Å². The molecule has 2 rings (SSSR count). The highest BCUT2D eigenvalue weighted by Crippen LogP contribution is 2.21. The van der Waals surface area contributed by atoms with E-state index in [2.05, 4.69) is 48.8 Å². The second-order valence-electron chi connectivity index (χ2n) is 3.79. The van der Waals surface area contributed by atoms with E-state index in [9.17, 15) is 0 Å². The second kappa shape index (κ2) is 4.23. The number of aryl methyl sites for hydroxylation is 2. The molecular weight excluding hydrogens is 202 g/mol. The lowest BCUT2D eigenvalue weighted by molar-refractivity contribution is 1.14. The zero-order valence-corrected chi connectivity index (χ0v) is 10.0. The largest absolute Gasteiger partial charge is 0.253 e. The topological polar surface area (TPSA) is 12.9 Å². The van der Waals surface area contributed by atoms with Crippen LogP contribution >= 0.6 is 12.6 Å². The summed E-state index contributed by atoms with van der Waals surface area (Å²) in [5.74, 6) is 0.771. The summed E-state index contributed by atoms with van der Waals surface area (Å²) in [7, 11) is 0. The summed E-state index contributed by atoms with van der Waals surface area (Å²) < 4.78 is 0. The Kier molecular flexibility index (Phi) is 2.96. The van der Waals surface area contributed by atoms with Gasteiger partial charge in [-0.25, -0.2) is 0 Å². The third-order valence-electron chi connectivity index (χ3n) is 2.67. The number of hydrogen-bond acceptors (Lipinski definition) is 2. The van der Waals surface area contributed by atoms with Gasteiger partial charge >= 0.3 is 0 Å². The van der Waals surface area contributed by atoms with Gasteiger partial charge in [0.25, 0.3) is 0 Å². The molecule has 0 saturated carbocycles. The zero-order valence-electron chi connectivity index (χ0n) is 9.12. The molecule has 1 heterocycles. The Bertz CT molecular complexity index is 491. The number of aromatic nitrogens is 1. The number of hydrogen-bond donors (Lipinski definition) is 1. The van der Waals surface area contributed by atoms with E-state index >= 15 is 0 Å². The van der Waals surface area contributed by atoms with Gasteiger partial charge in [-0.3, -0.25) is 4.98 Å². The zero-order chi connectivity index (χ0) is 10.8. The molecule has 0 aliphatic heterocycles. The van der Waals surface area contributed by atoms with Crippen molar-refractivity contribution in [3.63, 3.8) is 0 Å². The molecule has 0 bridgehead atoms. The number of rotatable bonds is 2. The van der Waals surface area contributed by atoms with Gasteiger partial charge in [-0.15, -0.1) is 0 Å². The molecule has 0 aliphatic rings. The van der Waals surface area contributed by atoms with Crippen LogP contribution in [0.2, 0.25) is 0 Å². The van der Waals surface area contributed by atoms with Gasteiger partial charge in [0.15, 0.2) is 0 Å². The van der Waals surface area contributed by atoms with E-state index in [4.69, 9.17) is 0 Å². The Morgan fingerprint density at radius 1 is 1.27 bits per heavy atom. The Morgan fingerprint density at radius 2 is 2.07 bits per heavy atom. The fraction of sp³-hybridized carbons (Fsp3) is 0.308. The first kappa shape index (κ1) is 10.5. The summed E-state index contributed by atoms with van der Waals surface area (Å²) in [6, 6.07) is 8.60. The predicted octanol–water partition coefficient (Wildman–Crippen LogP) is 3.54. The van der Waals surface area contributed by atoms with Crippen molar-refractivity contribution < 1.29 is 0 Å². The van der Waals surface area contributed by atoms with Gasteiger partial charge in [-0.05, 0) is 42.7 Å². The van der Waals surface area contributed by atoms with E-state index in [1.165, 1.54) is 16.5 Å². The van der Waals surface area contributed by atoms with Gasteiger partial charge in [-0.2, -0.15) is 12.6 Å². The Balaban J connectivity index is 2.73. The number of fused-ring (bicyclic) bond motifs is 1. The Labute approximate surface area is 95.9 Å². The molecule has 0 spiro atoms. The highest BCUT2D eigenvalue weighted by atomic mass is 32.1. The molecule has 0 atom stereocenters. The van der Waals surface area contributed by atoms with Crippen molar-refractivity contribution in [2.75, 3.05) is 0 Å². The molecule has 0 amide bonds. The highest BCUT2D eigenvalue weighted by Gasteiger charge is 2.03. The molecule has 0 fully saturated rings. The van der Waals surface area contributed by atoms with E-state index in [1.807, 2.05) is 6.92 Å². The molecule has 15 heavy (non-hydrogen) atoms. The second-order valence-corrected chi connectivity index (χ2v) is 4.10. The number of benzene rings is 1. The lowest BCUT2D eigenvalue weighted by Gasteiger charge is -2.07. The van der Waals surface area contributed by atoms with Crippen LogP contribution in [0, 0.1) is 6.92 Å². The lowest BCUT2D eigenvalue weighted by Crippen LogP contribution is -1.91. The van der Waals surface area contributed by atoms with Crippen molar-refractivity contribution in [2.45, 2.75) is 26.0 Å². The van der Waals surface area contributed by atoms with Crippen LogP contribution in [0.1, 0.15) is 23.7 Å². The molecular formula is C13H15NS. The van der Waals surface area contributed by atoms with E-state index < -0.39 is 0 Å². The average Bonchev–Trinajstić information content (AvgIpc) is 2.27. The molecule has 0 aliphatic carbocycles. The fourth-order valence-electron chi connectivity index (χ4n) is 1.84. The van der Waals surface area contributed by atoms with Crippen LogP contribution in [0.4, 0.5) is 0 Å². The summed E-state index contributed by atoms with van der Waals surface area (Å²) in [5.41, 5.74) is 4.78. The van der Waals surface area contributed by atoms with Crippen LogP contribution in [0.3, 0.4) is 0 Å². The predicted molar refractivity (Wildman–Crippen MR) is 68.5 cm³/mol. The first-order chi connectivity index (χ1) is 7.24. The summed E-state index contributed by atoms with van der Waals surface area (Å²) >= 11 is 4.37. The highest BCUT2D eigenvalue weighted by molar-refractivity contribution is 7.79. The third kappa shape index (κ3) is 2.00. The number of nitrogens with zero attached hydrogens (tertiary/aromatic N) is 1. The van der Waals surface area contributed by atoms with Gasteiger partial charge in [0.1, 0.15) is 0 Å². The van der Waals surface area contributed by atoms with E-state index in [0.717, 1.165) is 23.4 Å². The van der Waals surface area contributed by atoms with Crippen molar-refractivity contribution >= 4 is 23.5 Å². The minimum absolute atomic E-state index is 0.771. The summed E-state index contributed by atoms with van der Waals surface area (Å²) in [4.78, 5) is 4.53. The molecule has 1 aromatic carbocycles. The quantitative estimate of drug-likeness (QED) is 0.759. The van der Waals surface area contributed by atoms with Crippen LogP contribution in [0.5, 0.6) is 0 Å². The van der Waals surface area contributed by atoms with Crippen molar-refractivity contribution in [1.29, 1.82) is 0 Å². The van der Waals surface area contributed by atoms with Gasteiger partial charge in [0, 0.05) is 16.8 Å². The van der Waals surface area contributed by atoms with Crippen LogP contribution in [0.25, 0.3) is 10.9 Å². The van der Waals surface area contributed by atoms with Crippen molar-refractivity contribution in [1.82, 2.24) is 4.98 Å². The minimum atomic E-state index is 0.771. The summed E-state index contributed by atoms with van der Waals surface area (Å²) in [6.45, 7) is 4.20. The molecule has 78 valence electrons. The van der Waals surface area contributed by atoms with Crippen LogP contribution in [0.15, 0.2) is 24.3 Å². The smallest absolute Gasteiger partial charge is 0.0708 e. The van der Waals surface area contributed by atoms with Gasteiger partial charge in [0.05, 0.1) is 5.52 Å². The molecule has 0 unspecified atom stereocenters. The first-order valence-electron chi connectivity index (χ1n) is 5.24. The molecule has 2 aromatic rings. The Morgan fingerprint density at radius 3 is 2.73 bits per heavy atom. The molecule has 1 nitrogen and oxygen atoms in total. The standard InChI is InChI=1S/C13H15NS/c1-3-10-4-5-13-12(7-10)11(8-15)6-9(2)14-13/h4-7,15H,3,8H2,1-2H3. The average molecular weight is 217 g/mol. The van der Waals surface area contributed by atoms with E-state index in [0.29, 0.717) is 0 Å². The van der Waals surface area contributed by atoms with Gasteiger partial charge < -0.3 is 0 Å². The summed E-state index contributed by atoms with van der Waals surface area (Å²) in [6.07, 6.45) is 1.07. The monoisotopic (exact) mass is 217 g/mol. The molecule has 2 heteroatoms. The SMILES string of the molecule is CCc1ccc2nc(C)cc(CS)c2c1. The van der Waals surface area contributed by atoms with Gasteiger partial charge in [0.2, 0.25) is 0 Å². The Hall–Kier alpha value is -1.02. The maximum absolute atomic E-state index is 4.53. The first-order valence-corrected chi connectivity index (χ1v) is 5.88. The lowest BCUT2D eigenvalue weighted by atomic mass is 10.0.